The van der Waals surface area contributed by atoms with Gasteiger partial charge < -0.3 is 4.90 Å². The van der Waals surface area contributed by atoms with Crippen molar-refractivity contribution in [1.29, 1.82) is 0 Å². The predicted molar refractivity (Wildman–Crippen MR) is 103 cm³/mol. The van der Waals surface area contributed by atoms with Crippen molar-refractivity contribution in [2.45, 2.75) is 19.4 Å². The lowest BCUT2D eigenvalue weighted by Crippen LogP contribution is -2.36. The maximum Gasteiger partial charge on any atom is 0.227 e. The van der Waals surface area contributed by atoms with E-state index in [1.54, 1.807) is 12.1 Å². The third kappa shape index (κ3) is 5.21. The molecule has 1 aliphatic heterocycles. The number of benzene rings is 2. The van der Waals surface area contributed by atoms with E-state index in [-0.39, 0.29) is 5.91 Å². The summed E-state index contributed by atoms with van der Waals surface area (Å²) in [7, 11) is 0. The summed E-state index contributed by atoms with van der Waals surface area (Å²) >= 11 is 12.1. The average Bonchev–Trinajstić information content (AvgIpc) is 2.84. The highest BCUT2D eigenvalue weighted by Crippen LogP contribution is 2.22. The van der Waals surface area contributed by atoms with Crippen LogP contribution in [0.1, 0.15) is 17.5 Å². The molecule has 0 saturated carbocycles. The molecule has 5 heteroatoms. The third-order valence-electron chi connectivity index (χ3n) is 4.55. The maximum absolute atomic E-state index is 12.6. The SMILES string of the molecule is O=C(Cc1ccc(Cl)cc1Cl)N1CCCN(Cc2ccccc2)CC1. The zero-order chi connectivity index (χ0) is 17.6. The van der Waals surface area contributed by atoms with Crippen molar-refractivity contribution in [2.75, 3.05) is 26.2 Å². The monoisotopic (exact) mass is 376 g/mol. The third-order valence-corrected chi connectivity index (χ3v) is 5.13. The Morgan fingerprint density at radius 1 is 0.960 bits per heavy atom. The molecule has 0 aliphatic carbocycles. The summed E-state index contributed by atoms with van der Waals surface area (Å²) in [6.45, 7) is 4.41. The predicted octanol–water partition coefficient (Wildman–Crippen LogP) is 4.27. The van der Waals surface area contributed by atoms with Crippen LogP contribution in [-0.2, 0) is 17.8 Å². The van der Waals surface area contributed by atoms with Gasteiger partial charge >= 0.3 is 0 Å². The molecule has 0 bridgehead atoms. The number of halogens is 2. The largest absolute Gasteiger partial charge is 0.341 e. The first-order valence-corrected chi connectivity index (χ1v) is 9.35. The number of amides is 1. The van der Waals surface area contributed by atoms with Crippen molar-refractivity contribution in [3.63, 3.8) is 0 Å². The number of hydrogen-bond donors (Lipinski definition) is 0. The van der Waals surface area contributed by atoms with Crippen LogP contribution in [0.3, 0.4) is 0 Å². The number of carbonyl (C=O) groups is 1. The van der Waals surface area contributed by atoms with Gasteiger partial charge in [0.2, 0.25) is 5.91 Å². The van der Waals surface area contributed by atoms with Gasteiger partial charge in [-0.15, -0.1) is 0 Å². The molecule has 2 aromatic carbocycles. The normalized spacial score (nSPS) is 15.8. The molecule has 3 nitrogen and oxygen atoms in total. The number of carbonyl (C=O) groups excluding carboxylic acids is 1. The molecule has 25 heavy (non-hydrogen) atoms. The van der Waals surface area contributed by atoms with Crippen LogP contribution < -0.4 is 0 Å². The molecule has 3 rings (SSSR count). The summed E-state index contributed by atoms with van der Waals surface area (Å²) in [5.41, 5.74) is 2.15. The first kappa shape index (κ1) is 18.2. The molecular formula is C20H22Cl2N2O. The standard InChI is InChI=1S/C20H22Cl2N2O/c21-18-8-7-17(19(22)14-18)13-20(25)24-10-4-9-23(11-12-24)15-16-5-2-1-3-6-16/h1-3,5-8,14H,4,9-13,15H2. The van der Waals surface area contributed by atoms with Crippen LogP contribution in [0.15, 0.2) is 48.5 Å². The lowest BCUT2D eigenvalue weighted by Gasteiger charge is -2.22. The van der Waals surface area contributed by atoms with Crippen molar-refractivity contribution in [2.24, 2.45) is 0 Å². The summed E-state index contributed by atoms with van der Waals surface area (Å²) in [5, 5.41) is 1.15. The Morgan fingerprint density at radius 3 is 2.52 bits per heavy atom. The fourth-order valence-corrected chi connectivity index (χ4v) is 3.64. The Balaban J connectivity index is 1.56. The van der Waals surface area contributed by atoms with E-state index in [4.69, 9.17) is 23.2 Å². The van der Waals surface area contributed by atoms with Crippen LogP contribution in [0.25, 0.3) is 0 Å². The van der Waals surface area contributed by atoms with E-state index in [1.807, 2.05) is 17.0 Å². The van der Waals surface area contributed by atoms with Gasteiger partial charge in [-0.3, -0.25) is 9.69 Å². The topological polar surface area (TPSA) is 23.6 Å². The van der Waals surface area contributed by atoms with Gasteiger partial charge in [-0.05, 0) is 29.7 Å². The van der Waals surface area contributed by atoms with E-state index in [2.05, 4.69) is 29.2 Å². The van der Waals surface area contributed by atoms with E-state index in [0.29, 0.717) is 16.5 Å². The summed E-state index contributed by atoms with van der Waals surface area (Å²) in [6, 6.07) is 15.8. The maximum atomic E-state index is 12.6. The van der Waals surface area contributed by atoms with E-state index in [0.717, 1.165) is 44.7 Å². The molecule has 2 aromatic rings. The van der Waals surface area contributed by atoms with Crippen LogP contribution in [-0.4, -0.2) is 41.9 Å². The molecule has 1 amide bonds. The van der Waals surface area contributed by atoms with Crippen LogP contribution in [0, 0.1) is 0 Å². The second-order valence-electron chi connectivity index (χ2n) is 6.41. The molecule has 1 aliphatic rings. The lowest BCUT2D eigenvalue weighted by atomic mass is 10.1. The Bertz CT molecular complexity index is 721. The Hall–Kier alpha value is -1.55. The van der Waals surface area contributed by atoms with Crippen LogP contribution in [0.4, 0.5) is 0 Å². The Kier molecular flexibility index (Phi) is 6.35. The van der Waals surface area contributed by atoms with Crippen LogP contribution in [0.5, 0.6) is 0 Å². The first-order valence-electron chi connectivity index (χ1n) is 8.60. The molecular weight excluding hydrogens is 355 g/mol. The van der Waals surface area contributed by atoms with Gasteiger partial charge in [0.25, 0.3) is 0 Å². The van der Waals surface area contributed by atoms with Gasteiger partial charge in [0.1, 0.15) is 0 Å². The van der Waals surface area contributed by atoms with E-state index in [9.17, 15) is 4.79 Å². The fourth-order valence-electron chi connectivity index (χ4n) is 3.16. The van der Waals surface area contributed by atoms with Crippen molar-refractivity contribution < 1.29 is 4.79 Å². The summed E-state index contributed by atoms with van der Waals surface area (Å²) in [4.78, 5) is 17.0. The minimum atomic E-state index is 0.130. The minimum absolute atomic E-state index is 0.130. The fraction of sp³-hybridized carbons (Fsp3) is 0.350. The van der Waals surface area contributed by atoms with Crippen LogP contribution in [0.2, 0.25) is 10.0 Å². The molecule has 1 fully saturated rings. The van der Waals surface area contributed by atoms with Gasteiger partial charge in [0.15, 0.2) is 0 Å². The highest BCUT2D eigenvalue weighted by Gasteiger charge is 2.20. The zero-order valence-corrected chi connectivity index (χ0v) is 15.6. The summed E-state index contributed by atoms with van der Waals surface area (Å²) in [6.07, 6.45) is 1.32. The molecule has 0 aromatic heterocycles. The average molecular weight is 377 g/mol. The second kappa shape index (κ2) is 8.70. The molecule has 0 N–H and O–H groups in total. The van der Waals surface area contributed by atoms with Gasteiger partial charge in [-0.1, -0.05) is 59.6 Å². The molecule has 0 unspecified atom stereocenters. The minimum Gasteiger partial charge on any atom is -0.341 e. The quantitative estimate of drug-likeness (QED) is 0.795. The summed E-state index contributed by atoms with van der Waals surface area (Å²) in [5.74, 6) is 0.130. The van der Waals surface area contributed by atoms with Crippen molar-refractivity contribution in [3.8, 4) is 0 Å². The molecule has 0 atom stereocenters. The molecule has 132 valence electrons. The van der Waals surface area contributed by atoms with Crippen LogP contribution >= 0.6 is 23.2 Å². The van der Waals surface area contributed by atoms with E-state index >= 15 is 0 Å². The van der Waals surface area contributed by atoms with Gasteiger partial charge in [0.05, 0.1) is 6.42 Å². The molecule has 0 spiro atoms. The van der Waals surface area contributed by atoms with Gasteiger partial charge in [-0.2, -0.15) is 0 Å². The van der Waals surface area contributed by atoms with Crippen molar-refractivity contribution >= 4 is 29.1 Å². The highest BCUT2D eigenvalue weighted by atomic mass is 35.5. The van der Waals surface area contributed by atoms with E-state index < -0.39 is 0 Å². The van der Waals surface area contributed by atoms with Crippen molar-refractivity contribution in [3.05, 3.63) is 69.7 Å². The first-order chi connectivity index (χ1) is 12.1. The van der Waals surface area contributed by atoms with Crippen molar-refractivity contribution in [1.82, 2.24) is 9.80 Å². The van der Waals surface area contributed by atoms with Gasteiger partial charge in [0, 0.05) is 42.8 Å². The second-order valence-corrected chi connectivity index (χ2v) is 7.25. The molecule has 1 saturated heterocycles. The van der Waals surface area contributed by atoms with Gasteiger partial charge in [-0.25, -0.2) is 0 Å². The number of hydrogen-bond acceptors (Lipinski definition) is 2. The smallest absolute Gasteiger partial charge is 0.227 e. The lowest BCUT2D eigenvalue weighted by molar-refractivity contribution is -0.130. The molecule has 0 radical (unpaired) electrons. The zero-order valence-electron chi connectivity index (χ0n) is 14.1. The highest BCUT2D eigenvalue weighted by molar-refractivity contribution is 6.35. The summed E-state index contributed by atoms with van der Waals surface area (Å²) < 4.78 is 0. The Labute approximate surface area is 159 Å². The Morgan fingerprint density at radius 2 is 1.76 bits per heavy atom. The van der Waals surface area contributed by atoms with E-state index in [1.165, 1.54) is 5.56 Å². The molecule has 1 heterocycles. The number of nitrogens with zero attached hydrogens (tertiary/aromatic N) is 2. The number of rotatable bonds is 4.